The van der Waals surface area contributed by atoms with Gasteiger partial charge in [0, 0.05) is 19.6 Å². The molecule has 0 bridgehead atoms. The lowest BCUT2D eigenvalue weighted by Gasteiger charge is -2.32. The highest BCUT2D eigenvalue weighted by molar-refractivity contribution is 7.89. The van der Waals surface area contributed by atoms with Crippen LogP contribution in [0.3, 0.4) is 0 Å². The molecule has 0 atom stereocenters. The molecule has 0 aliphatic carbocycles. The van der Waals surface area contributed by atoms with E-state index in [2.05, 4.69) is 10.3 Å². The number of hydrogen-bond donors (Lipinski definition) is 2. The highest BCUT2D eigenvalue weighted by atomic mass is 32.2. The maximum atomic E-state index is 14.0. The first kappa shape index (κ1) is 24.3. The van der Waals surface area contributed by atoms with E-state index in [1.165, 1.54) is 14.9 Å². The van der Waals surface area contributed by atoms with E-state index in [0.29, 0.717) is 13.1 Å². The first-order chi connectivity index (χ1) is 16.0. The van der Waals surface area contributed by atoms with Crippen LogP contribution in [0.1, 0.15) is 55.0 Å². The van der Waals surface area contributed by atoms with Gasteiger partial charge in [-0.25, -0.2) is 17.8 Å². The fourth-order valence-electron chi connectivity index (χ4n) is 4.24. The molecule has 2 aliphatic heterocycles. The van der Waals surface area contributed by atoms with E-state index >= 15 is 0 Å². The molecule has 1 fully saturated rings. The number of piperidine rings is 1. The van der Waals surface area contributed by atoms with Crippen molar-refractivity contribution >= 4 is 15.9 Å². The number of amides is 1. The molecule has 1 amide bonds. The van der Waals surface area contributed by atoms with E-state index in [1.54, 1.807) is 13.8 Å². The van der Waals surface area contributed by atoms with Crippen molar-refractivity contribution in [2.24, 2.45) is 0 Å². The van der Waals surface area contributed by atoms with Gasteiger partial charge >= 0.3 is 0 Å². The number of aromatic hydroxyl groups is 1. The van der Waals surface area contributed by atoms with Gasteiger partial charge in [-0.15, -0.1) is 0 Å². The van der Waals surface area contributed by atoms with Crippen molar-refractivity contribution in [2.75, 3.05) is 19.7 Å². The number of rotatable bonds is 5. The molecule has 184 valence electrons. The van der Waals surface area contributed by atoms with Crippen LogP contribution >= 0.6 is 0 Å². The lowest BCUT2D eigenvalue weighted by molar-refractivity contribution is -0.0566. The predicted molar refractivity (Wildman–Crippen MR) is 119 cm³/mol. The Morgan fingerprint density at radius 2 is 1.94 bits per heavy atom. The summed E-state index contributed by atoms with van der Waals surface area (Å²) in [5, 5.41) is 12.8. The van der Waals surface area contributed by atoms with Gasteiger partial charge in [-0.3, -0.25) is 14.2 Å². The van der Waals surface area contributed by atoms with Crippen molar-refractivity contribution in [3.63, 3.8) is 0 Å². The summed E-state index contributed by atoms with van der Waals surface area (Å²) in [6.45, 7) is 4.25. The number of carbonyl (C=O) groups excluding carboxylic acids is 1. The molecular formula is C22H27FN4O6S. The Kier molecular flexibility index (Phi) is 6.49. The minimum absolute atomic E-state index is 0.179. The van der Waals surface area contributed by atoms with Crippen molar-refractivity contribution in [2.45, 2.75) is 56.7 Å². The number of carbonyl (C=O) groups is 1. The Labute approximate surface area is 196 Å². The van der Waals surface area contributed by atoms with Crippen molar-refractivity contribution in [3.8, 4) is 5.75 Å². The van der Waals surface area contributed by atoms with Gasteiger partial charge in [0.1, 0.15) is 17.2 Å². The second kappa shape index (κ2) is 9.08. The molecule has 0 spiro atoms. The average Bonchev–Trinajstić information content (AvgIpc) is 2.81. The number of halogens is 1. The molecule has 0 saturated carbocycles. The monoisotopic (exact) mass is 494 g/mol. The lowest BCUT2D eigenvalue weighted by Crippen LogP contribution is -2.42. The van der Waals surface area contributed by atoms with E-state index in [-0.39, 0.29) is 36.0 Å². The van der Waals surface area contributed by atoms with Crippen LogP contribution in [0.25, 0.3) is 0 Å². The maximum absolute atomic E-state index is 14.0. The molecule has 2 aromatic rings. The van der Waals surface area contributed by atoms with Crippen LogP contribution in [-0.2, 0) is 33.5 Å². The molecule has 1 aromatic carbocycles. The summed E-state index contributed by atoms with van der Waals surface area (Å²) < 4.78 is 48.5. The van der Waals surface area contributed by atoms with E-state index in [4.69, 9.17) is 4.74 Å². The van der Waals surface area contributed by atoms with E-state index < -0.39 is 44.4 Å². The third kappa shape index (κ3) is 4.44. The second-order valence-corrected chi connectivity index (χ2v) is 10.8. The molecule has 12 heteroatoms. The fraction of sp³-hybridized carbons (Fsp3) is 0.500. The van der Waals surface area contributed by atoms with Gasteiger partial charge in [-0.05, 0) is 44.4 Å². The number of ether oxygens (including phenoxy) is 1. The van der Waals surface area contributed by atoms with E-state index in [0.717, 1.165) is 31.4 Å². The van der Waals surface area contributed by atoms with Crippen LogP contribution < -0.4 is 10.9 Å². The summed E-state index contributed by atoms with van der Waals surface area (Å²) in [4.78, 5) is 29.4. The average molecular weight is 495 g/mol. The largest absolute Gasteiger partial charge is 0.501 e. The highest BCUT2D eigenvalue weighted by Gasteiger charge is 2.34. The zero-order chi connectivity index (χ0) is 24.7. The normalized spacial score (nSPS) is 18.3. The summed E-state index contributed by atoms with van der Waals surface area (Å²) in [5.74, 6) is -2.19. The number of hydrogen-bond acceptors (Lipinski definition) is 7. The van der Waals surface area contributed by atoms with Crippen molar-refractivity contribution in [1.82, 2.24) is 19.2 Å². The zero-order valence-electron chi connectivity index (χ0n) is 19.0. The molecule has 10 nitrogen and oxygen atoms in total. The summed E-state index contributed by atoms with van der Waals surface area (Å²) >= 11 is 0. The topological polar surface area (TPSA) is 131 Å². The molecule has 1 saturated heterocycles. The highest BCUT2D eigenvalue weighted by Crippen LogP contribution is 2.28. The third-order valence-corrected chi connectivity index (χ3v) is 8.06. The molecule has 1 aromatic heterocycles. The SMILES string of the molecule is CC1(C)OCCn2c1nc(C(=O)NCc1ccc(F)cc1S(=O)(=O)N1CCCCC1)c(O)c2=O. The molecule has 4 rings (SSSR count). The van der Waals surface area contributed by atoms with Gasteiger partial charge in [0.05, 0.1) is 18.0 Å². The lowest BCUT2D eigenvalue weighted by atomic mass is 10.1. The van der Waals surface area contributed by atoms with Crippen molar-refractivity contribution in [1.29, 1.82) is 0 Å². The van der Waals surface area contributed by atoms with Gasteiger partial charge in [0.15, 0.2) is 5.69 Å². The van der Waals surface area contributed by atoms with Gasteiger partial charge in [-0.1, -0.05) is 12.5 Å². The molecule has 0 radical (unpaired) electrons. The third-order valence-electron chi connectivity index (χ3n) is 6.08. The minimum atomic E-state index is -3.96. The molecule has 2 aliphatic rings. The van der Waals surface area contributed by atoms with Crippen LogP contribution in [0.2, 0.25) is 0 Å². The number of fused-ring (bicyclic) bond motifs is 1. The second-order valence-electron chi connectivity index (χ2n) is 8.85. The molecular weight excluding hydrogens is 467 g/mol. The number of benzene rings is 1. The quantitative estimate of drug-likeness (QED) is 0.643. The Balaban J connectivity index is 1.62. The molecule has 3 heterocycles. The Morgan fingerprint density at radius 3 is 2.65 bits per heavy atom. The van der Waals surface area contributed by atoms with Crippen molar-refractivity contribution < 1.29 is 27.4 Å². The van der Waals surface area contributed by atoms with Crippen LogP contribution in [0.4, 0.5) is 4.39 Å². The Morgan fingerprint density at radius 1 is 1.24 bits per heavy atom. The van der Waals surface area contributed by atoms with E-state index in [1.807, 2.05) is 0 Å². The van der Waals surface area contributed by atoms with Gasteiger partial charge in [-0.2, -0.15) is 4.31 Å². The number of nitrogens with one attached hydrogen (secondary N) is 1. The number of aromatic nitrogens is 2. The zero-order valence-corrected chi connectivity index (χ0v) is 19.8. The fourth-order valence-corrected chi connectivity index (χ4v) is 5.99. The summed E-state index contributed by atoms with van der Waals surface area (Å²) in [6.07, 6.45) is 2.37. The first-order valence-corrected chi connectivity index (χ1v) is 12.5. The van der Waals surface area contributed by atoms with E-state index in [9.17, 15) is 27.5 Å². The predicted octanol–water partition coefficient (Wildman–Crippen LogP) is 1.46. The Bertz CT molecular complexity index is 1290. The molecule has 2 N–H and O–H groups in total. The van der Waals surface area contributed by atoms with Crippen LogP contribution in [0.5, 0.6) is 5.75 Å². The van der Waals surface area contributed by atoms with Gasteiger partial charge in [0.2, 0.25) is 15.8 Å². The molecule has 0 unspecified atom stereocenters. The first-order valence-electron chi connectivity index (χ1n) is 11.1. The Hall–Kier alpha value is -2.83. The standard InChI is InChI=1S/C22H27FN4O6S/c1-22(2)21-25-17(18(28)20(30)27(21)10-11-33-22)19(29)24-13-14-6-7-15(23)12-16(14)34(31,32)26-8-4-3-5-9-26/h6-7,12,28H,3-5,8-11,13H2,1-2H3,(H,24,29). The van der Waals surface area contributed by atoms with Crippen LogP contribution in [0, 0.1) is 5.82 Å². The van der Waals surface area contributed by atoms with Crippen LogP contribution in [-0.4, -0.2) is 53.0 Å². The summed E-state index contributed by atoms with van der Waals surface area (Å²) in [6, 6.07) is 3.34. The summed E-state index contributed by atoms with van der Waals surface area (Å²) in [7, 11) is -3.96. The van der Waals surface area contributed by atoms with Crippen LogP contribution in [0.15, 0.2) is 27.9 Å². The van der Waals surface area contributed by atoms with Gasteiger partial charge in [0.25, 0.3) is 11.5 Å². The number of sulfonamides is 1. The maximum Gasteiger partial charge on any atom is 0.296 e. The molecule has 34 heavy (non-hydrogen) atoms. The number of nitrogens with zero attached hydrogens (tertiary/aromatic N) is 3. The van der Waals surface area contributed by atoms with Crippen molar-refractivity contribution in [3.05, 3.63) is 51.5 Å². The smallest absolute Gasteiger partial charge is 0.296 e. The minimum Gasteiger partial charge on any atom is -0.501 e. The summed E-state index contributed by atoms with van der Waals surface area (Å²) in [5.41, 5.74) is -2.02. The van der Waals surface area contributed by atoms with Gasteiger partial charge < -0.3 is 15.2 Å².